The van der Waals surface area contributed by atoms with Gasteiger partial charge in [0.05, 0.1) is 11.0 Å². The average Bonchev–Trinajstić information content (AvgIpc) is 3.17. The Balaban J connectivity index is 1.89. The number of imidazole rings is 1. The molecular formula is C25H16F3N2P. The summed E-state index contributed by atoms with van der Waals surface area (Å²) in [4.78, 5) is 4.79. The molecule has 0 atom stereocenters. The maximum absolute atomic E-state index is 14.9. The number of hydrogen-bond acceptors (Lipinski definition) is 1. The Morgan fingerprint density at radius 3 is 1.81 bits per heavy atom. The summed E-state index contributed by atoms with van der Waals surface area (Å²) >= 11 is 0. The highest BCUT2D eigenvalue weighted by molar-refractivity contribution is 7.79. The van der Waals surface area contributed by atoms with E-state index in [-0.39, 0.29) is 0 Å². The molecule has 0 fully saturated rings. The Labute approximate surface area is 178 Å². The molecule has 0 radical (unpaired) electrons. The van der Waals surface area contributed by atoms with Gasteiger partial charge in [0.1, 0.15) is 17.1 Å². The van der Waals surface area contributed by atoms with Gasteiger partial charge in [0.2, 0.25) is 0 Å². The summed E-state index contributed by atoms with van der Waals surface area (Å²) in [6.45, 7) is 0. The van der Waals surface area contributed by atoms with Crippen LogP contribution in [0, 0.1) is 17.5 Å². The van der Waals surface area contributed by atoms with Gasteiger partial charge in [-0.1, -0.05) is 72.8 Å². The molecule has 5 rings (SSSR count). The Bertz CT molecular complexity index is 1330. The summed E-state index contributed by atoms with van der Waals surface area (Å²) in [7, 11) is -1.28. The fourth-order valence-electron chi connectivity index (χ4n) is 3.64. The maximum atomic E-state index is 14.9. The van der Waals surface area contributed by atoms with Crippen LogP contribution in [0.1, 0.15) is 0 Å². The lowest BCUT2D eigenvalue weighted by molar-refractivity contribution is 0.490. The van der Waals surface area contributed by atoms with Crippen molar-refractivity contribution in [1.29, 1.82) is 0 Å². The molecule has 0 aliphatic heterocycles. The molecule has 0 saturated carbocycles. The molecule has 0 aliphatic carbocycles. The lowest BCUT2D eigenvalue weighted by Crippen LogP contribution is -2.28. The molecule has 0 unspecified atom stereocenters. The second kappa shape index (κ2) is 8.01. The van der Waals surface area contributed by atoms with Crippen LogP contribution in [0.15, 0.2) is 97.1 Å². The van der Waals surface area contributed by atoms with Crippen molar-refractivity contribution in [3.8, 4) is 5.69 Å². The van der Waals surface area contributed by atoms with Crippen LogP contribution >= 0.6 is 7.92 Å². The molecule has 152 valence electrons. The molecule has 4 aromatic carbocycles. The van der Waals surface area contributed by atoms with Gasteiger partial charge in [-0.05, 0) is 34.9 Å². The number of fused-ring (bicyclic) bond motifs is 1. The highest BCUT2D eigenvalue weighted by atomic mass is 31.1. The molecule has 1 aromatic heterocycles. The highest BCUT2D eigenvalue weighted by Crippen LogP contribution is 2.36. The summed E-state index contributed by atoms with van der Waals surface area (Å²) < 4.78 is 45.5. The molecule has 0 bridgehead atoms. The number of para-hydroxylation sites is 2. The number of aromatic nitrogens is 2. The highest BCUT2D eigenvalue weighted by Gasteiger charge is 2.28. The van der Waals surface area contributed by atoms with Crippen molar-refractivity contribution in [3.63, 3.8) is 0 Å². The van der Waals surface area contributed by atoms with E-state index < -0.39 is 31.1 Å². The predicted molar refractivity (Wildman–Crippen MR) is 120 cm³/mol. The normalized spacial score (nSPS) is 11.4. The van der Waals surface area contributed by atoms with Crippen molar-refractivity contribution in [3.05, 3.63) is 115 Å². The molecule has 2 nitrogen and oxygen atoms in total. The van der Waals surface area contributed by atoms with E-state index in [2.05, 4.69) is 0 Å². The van der Waals surface area contributed by atoms with Crippen molar-refractivity contribution >= 4 is 35.1 Å². The van der Waals surface area contributed by atoms with Crippen LogP contribution in [-0.4, -0.2) is 9.55 Å². The van der Waals surface area contributed by atoms with E-state index in [1.165, 1.54) is 4.57 Å². The Morgan fingerprint density at radius 1 is 0.613 bits per heavy atom. The summed E-state index contributed by atoms with van der Waals surface area (Å²) in [5.74, 6) is -3.19. The number of nitrogens with zero attached hydrogens (tertiary/aromatic N) is 2. The van der Waals surface area contributed by atoms with E-state index >= 15 is 0 Å². The van der Waals surface area contributed by atoms with Crippen LogP contribution in [0.4, 0.5) is 13.2 Å². The van der Waals surface area contributed by atoms with Crippen molar-refractivity contribution in [2.75, 3.05) is 0 Å². The van der Waals surface area contributed by atoms with E-state index in [1.807, 2.05) is 66.7 Å². The molecule has 6 heteroatoms. The molecule has 0 N–H and O–H groups in total. The zero-order valence-corrected chi connectivity index (χ0v) is 17.1. The molecule has 5 aromatic rings. The molecule has 0 spiro atoms. The fourth-order valence-corrected chi connectivity index (χ4v) is 5.96. The standard InChI is InChI=1S/C25H16F3N2P/c26-19-15-16-20(27)24(23(19)28)30-22-14-8-7-13-21(22)29-25(30)31(17-9-3-1-4-10-17)18-11-5-2-6-12-18/h1-16H. The quantitative estimate of drug-likeness (QED) is 0.282. The summed E-state index contributed by atoms with van der Waals surface area (Å²) in [6, 6.07) is 28.2. The van der Waals surface area contributed by atoms with E-state index in [1.54, 1.807) is 18.2 Å². The fraction of sp³-hybridized carbons (Fsp3) is 0. The third kappa shape index (κ3) is 3.41. The SMILES string of the molecule is Fc1ccc(F)c(-n2c(P(c3ccccc3)c3ccccc3)nc3ccccc32)c1F. The smallest absolute Gasteiger partial charge is 0.185 e. The monoisotopic (exact) mass is 432 g/mol. The number of halogens is 3. The van der Waals surface area contributed by atoms with Gasteiger partial charge in [-0.2, -0.15) is 0 Å². The van der Waals surface area contributed by atoms with E-state index in [4.69, 9.17) is 4.98 Å². The molecule has 0 aliphatic rings. The summed E-state index contributed by atoms with van der Waals surface area (Å²) in [6.07, 6.45) is 0. The van der Waals surface area contributed by atoms with Gasteiger partial charge < -0.3 is 0 Å². The van der Waals surface area contributed by atoms with E-state index in [0.717, 1.165) is 22.7 Å². The summed E-state index contributed by atoms with van der Waals surface area (Å²) in [5.41, 5.74) is 1.11. The zero-order chi connectivity index (χ0) is 21.4. The third-order valence-electron chi connectivity index (χ3n) is 5.02. The maximum Gasteiger partial charge on any atom is 0.185 e. The van der Waals surface area contributed by atoms with Crippen molar-refractivity contribution < 1.29 is 13.2 Å². The van der Waals surface area contributed by atoms with Gasteiger partial charge in [-0.25, -0.2) is 18.2 Å². The first-order chi connectivity index (χ1) is 15.1. The van der Waals surface area contributed by atoms with E-state index in [9.17, 15) is 13.2 Å². The van der Waals surface area contributed by atoms with Crippen molar-refractivity contribution in [2.45, 2.75) is 0 Å². The second-order valence-corrected chi connectivity index (χ2v) is 9.04. The molecular weight excluding hydrogens is 416 g/mol. The number of rotatable bonds is 4. The minimum Gasteiger partial charge on any atom is -0.286 e. The van der Waals surface area contributed by atoms with Gasteiger partial charge in [-0.15, -0.1) is 0 Å². The Hall–Kier alpha value is -3.43. The first-order valence-corrected chi connectivity index (χ1v) is 11.0. The topological polar surface area (TPSA) is 17.8 Å². The minimum absolute atomic E-state index is 0.455. The van der Waals surface area contributed by atoms with Crippen molar-refractivity contribution in [2.24, 2.45) is 0 Å². The second-order valence-electron chi connectivity index (χ2n) is 6.93. The Kier molecular flexibility index (Phi) is 5.05. The lowest BCUT2D eigenvalue weighted by Gasteiger charge is -2.20. The van der Waals surface area contributed by atoms with Crippen molar-refractivity contribution in [1.82, 2.24) is 9.55 Å². The van der Waals surface area contributed by atoms with E-state index in [0.29, 0.717) is 16.6 Å². The van der Waals surface area contributed by atoms with Crippen LogP contribution in [-0.2, 0) is 0 Å². The largest absolute Gasteiger partial charge is 0.286 e. The van der Waals surface area contributed by atoms with Crippen LogP contribution in [0.2, 0.25) is 0 Å². The molecule has 0 saturated heterocycles. The first kappa shape index (κ1) is 19.5. The third-order valence-corrected chi connectivity index (χ3v) is 7.34. The molecule has 1 heterocycles. The van der Waals surface area contributed by atoms with Crippen LogP contribution in [0.3, 0.4) is 0 Å². The first-order valence-electron chi connectivity index (χ1n) is 9.67. The number of benzene rings is 4. The number of hydrogen-bond donors (Lipinski definition) is 0. The minimum atomic E-state index is -1.28. The van der Waals surface area contributed by atoms with Crippen LogP contribution in [0.25, 0.3) is 16.7 Å². The van der Waals surface area contributed by atoms with Gasteiger partial charge in [0, 0.05) is 7.92 Å². The van der Waals surface area contributed by atoms with Gasteiger partial charge >= 0.3 is 0 Å². The molecule has 31 heavy (non-hydrogen) atoms. The zero-order valence-electron chi connectivity index (χ0n) is 16.2. The lowest BCUT2D eigenvalue weighted by atomic mass is 10.2. The van der Waals surface area contributed by atoms with Crippen LogP contribution in [0.5, 0.6) is 0 Å². The van der Waals surface area contributed by atoms with Crippen LogP contribution < -0.4 is 16.2 Å². The Morgan fingerprint density at radius 2 is 1.16 bits per heavy atom. The van der Waals surface area contributed by atoms with Gasteiger partial charge in [0.15, 0.2) is 11.6 Å². The predicted octanol–water partition coefficient (Wildman–Crippen LogP) is 5.20. The average molecular weight is 432 g/mol. The van der Waals surface area contributed by atoms with Gasteiger partial charge in [0.25, 0.3) is 0 Å². The van der Waals surface area contributed by atoms with Gasteiger partial charge in [-0.3, -0.25) is 4.57 Å². The molecule has 0 amide bonds. The summed E-state index contributed by atoms with van der Waals surface area (Å²) in [5, 5.41) is 1.94.